The molecule has 0 aliphatic carbocycles. The Balaban J connectivity index is 3.37. The fourth-order valence-electron chi connectivity index (χ4n) is 1.24. The van der Waals surface area contributed by atoms with Crippen LogP contribution >= 0.6 is 0 Å². The molecule has 0 aliphatic rings. The molecule has 0 saturated heterocycles. The van der Waals surface area contributed by atoms with E-state index in [4.69, 9.17) is 0 Å². The third-order valence-electron chi connectivity index (χ3n) is 2.09. The zero-order valence-electron chi connectivity index (χ0n) is 9.51. The maximum absolute atomic E-state index is 10.8. The monoisotopic (exact) mass is 202 g/mol. The molecule has 0 unspecified atom stereocenters. The van der Waals surface area contributed by atoms with E-state index in [1.165, 1.54) is 13.5 Å². The van der Waals surface area contributed by atoms with Crippen LogP contribution in [0.25, 0.3) is 0 Å². The summed E-state index contributed by atoms with van der Waals surface area (Å²) in [5.74, 6) is -0.205. The molecule has 1 N–H and O–H groups in total. The number of methoxy groups -OCH3 is 1. The highest BCUT2D eigenvalue weighted by atomic mass is 16.5. The van der Waals surface area contributed by atoms with Gasteiger partial charge in [0.2, 0.25) is 0 Å². The van der Waals surface area contributed by atoms with Gasteiger partial charge in [0.05, 0.1) is 13.7 Å². The van der Waals surface area contributed by atoms with Gasteiger partial charge >= 0.3 is 5.97 Å². The molecule has 0 aromatic rings. The van der Waals surface area contributed by atoms with E-state index in [-0.39, 0.29) is 5.97 Å². The van der Waals surface area contributed by atoms with Gasteiger partial charge < -0.3 is 15.0 Å². The first-order valence-corrected chi connectivity index (χ1v) is 5.24. The number of ether oxygens (including phenoxy) is 1. The summed E-state index contributed by atoms with van der Waals surface area (Å²) in [6.45, 7) is 8.63. The van der Waals surface area contributed by atoms with E-state index in [9.17, 15) is 4.79 Å². The molecule has 0 aromatic carbocycles. The molecule has 4 heteroatoms. The molecular weight excluding hydrogens is 180 g/mol. The highest BCUT2D eigenvalue weighted by Gasteiger charge is 2.01. The molecule has 0 amide bonds. The Bertz CT molecular complexity index is 151. The van der Waals surface area contributed by atoms with Crippen LogP contribution in [0.1, 0.15) is 20.3 Å². The summed E-state index contributed by atoms with van der Waals surface area (Å²) in [6.07, 6.45) is 1.17. The number of likely N-dealkylation sites (N-methyl/N-ethyl adjacent to an activating group) is 1. The van der Waals surface area contributed by atoms with E-state index in [2.05, 4.69) is 28.8 Å². The lowest BCUT2D eigenvalue weighted by Gasteiger charge is -2.19. The fourth-order valence-corrected chi connectivity index (χ4v) is 1.24. The summed E-state index contributed by atoms with van der Waals surface area (Å²) in [4.78, 5) is 13.1. The molecule has 0 spiro atoms. The Morgan fingerprint density at radius 1 is 1.36 bits per heavy atom. The smallest absolute Gasteiger partial charge is 0.319 e. The molecule has 0 atom stereocenters. The van der Waals surface area contributed by atoms with Crippen LogP contribution in [0.15, 0.2) is 0 Å². The average molecular weight is 202 g/mol. The van der Waals surface area contributed by atoms with E-state index in [0.717, 1.165) is 26.2 Å². The SMILES string of the molecule is CCCN(CC)CCNCC(=O)OC. The molecule has 0 bridgehead atoms. The Kier molecular flexibility index (Phi) is 8.57. The van der Waals surface area contributed by atoms with Crippen molar-refractivity contribution >= 4 is 5.97 Å². The third-order valence-corrected chi connectivity index (χ3v) is 2.09. The Labute approximate surface area is 86.6 Å². The first-order valence-electron chi connectivity index (χ1n) is 5.24. The maximum atomic E-state index is 10.8. The Morgan fingerprint density at radius 2 is 2.07 bits per heavy atom. The van der Waals surface area contributed by atoms with Crippen molar-refractivity contribution in [2.24, 2.45) is 0 Å². The zero-order valence-corrected chi connectivity index (χ0v) is 9.51. The van der Waals surface area contributed by atoms with Crippen LogP contribution in [0.2, 0.25) is 0 Å². The van der Waals surface area contributed by atoms with E-state index in [0.29, 0.717) is 6.54 Å². The number of carbonyl (C=O) groups is 1. The predicted molar refractivity (Wildman–Crippen MR) is 57.3 cm³/mol. The first-order chi connectivity index (χ1) is 6.74. The standard InChI is InChI=1S/C10H22N2O2/c1-4-7-12(5-2)8-6-11-9-10(13)14-3/h11H,4-9H2,1-3H3. The summed E-state index contributed by atoms with van der Waals surface area (Å²) in [6, 6.07) is 0. The van der Waals surface area contributed by atoms with Crippen LogP contribution < -0.4 is 5.32 Å². The number of rotatable bonds is 8. The second kappa shape index (κ2) is 8.97. The van der Waals surface area contributed by atoms with Gasteiger partial charge in [0.25, 0.3) is 0 Å². The second-order valence-electron chi connectivity index (χ2n) is 3.19. The minimum atomic E-state index is -0.205. The highest BCUT2D eigenvalue weighted by molar-refractivity contribution is 5.71. The fraction of sp³-hybridized carbons (Fsp3) is 0.900. The summed E-state index contributed by atoms with van der Waals surface area (Å²) in [5.41, 5.74) is 0. The number of hydrogen-bond donors (Lipinski definition) is 1. The number of carbonyl (C=O) groups excluding carboxylic acids is 1. The van der Waals surface area contributed by atoms with E-state index in [1.807, 2.05) is 0 Å². The summed E-state index contributed by atoms with van der Waals surface area (Å²) >= 11 is 0. The summed E-state index contributed by atoms with van der Waals surface area (Å²) < 4.78 is 4.52. The lowest BCUT2D eigenvalue weighted by Crippen LogP contribution is -2.34. The van der Waals surface area contributed by atoms with Crippen molar-refractivity contribution in [1.82, 2.24) is 10.2 Å². The number of nitrogens with one attached hydrogen (secondary N) is 1. The molecule has 0 saturated carbocycles. The maximum Gasteiger partial charge on any atom is 0.319 e. The Morgan fingerprint density at radius 3 is 2.57 bits per heavy atom. The van der Waals surface area contributed by atoms with Gasteiger partial charge in [-0.3, -0.25) is 4.79 Å². The van der Waals surface area contributed by atoms with Gasteiger partial charge in [-0.25, -0.2) is 0 Å². The van der Waals surface area contributed by atoms with Crippen molar-refractivity contribution in [3.8, 4) is 0 Å². The van der Waals surface area contributed by atoms with Gasteiger partial charge in [-0.15, -0.1) is 0 Å². The van der Waals surface area contributed by atoms with Crippen LogP contribution in [0.3, 0.4) is 0 Å². The molecule has 0 aliphatic heterocycles. The van der Waals surface area contributed by atoms with Gasteiger partial charge in [-0.1, -0.05) is 13.8 Å². The first kappa shape index (κ1) is 13.4. The largest absolute Gasteiger partial charge is 0.468 e. The van der Waals surface area contributed by atoms with Gasteiger partial charge in [-0.05, 0) is 19.5 Å². The minimum Gasteiger partial charge on any atom is -0.468 e. The van der Waals surface area contributed by atoms with Crippen LogP contribution in [-0.4, -0.2) is 50.7 Å². The molecule has 14 heavy (non-hydrogen) atoms. The molecule has 0 aromatic heterocycles. The lowest BCUT2D eigenvalue weighted by molar-refractivity contribution is -0.139. The zero-order chi connectivity index (χ0) is 10.8. The van der Waals surface area contributed by atoms with Crippen molar-refractivity contribution < 1.29 is 9.53 Å². The third kappa shape index (κ3) is 6.86. The van der Waals surface area contributed by atoms with Crippen molar-refractivity contribution in [2.75, 3.05) is 39.8 Å². The molecule has 84 valence electrons. The van der Waals surface area contributed by atoms with Crippen LogP contribution in [0, 0.1) is 0 Å². The van der Waals surface area contributed by atoms with E-state index in [1.54, 1.807) is 0 Å². The molecule has 0 radical (unpaired) electrons. The molecule has 0 heterocycles. The Hall–Kier alpha value is -0.610. The second-order valence-corrected chi connectivity index (χ2v) is 3.19. The molecule has 0 rings (SSSR count). The van der Waals surface area contributed by atoms with Crippen molar-refractivity contribution in [3.05, 3.63) is 0 Å². The van der Waals surface area contributed by atoms with Crippen molar-refractivity contribution in [3.63, 3.8) is 0 Å². The summed E-state index contributed by atoms with van der Waals surface area (Å²) in [5, 5.41) is 3.04. The number of hydrogen-bond acceptors (Lipinski definition) is 4. The van der Waals surface area contributed by atoms with Crippen LogP contribution in [0.4, 0.5) is 0 Å². The van der Waals surface area contributed by atoms with Gasteiger partial charge in [0.1, 0.15) is 0 Å². The van der Waals surface area contributed by atoms with Crippen molar-refractivity contribution in [2.45, 2.75) is 20.3 Å². The predicted octanol–water partition coefficient (Wildman–Crippen LogP) is 0.481. The van der Waals surface area contributed by atoms with E-state index >= 15 is 0 Å². The minimum absolute atomic E-state index is 0.205. The average Bonchev–Trinajstić information content (AvgIpc) is 2.22. The number of nitrogens with zero attached hydrogens (tertiary/aromatic N) is 1. The van der Waals surface area contributed by atoms with Gasteiger partial charge in [0.15, 0.2) is 0 Å². The molecule has 4 nitrogen and oxygen atoms in total. The quantitative estimate of drug-likeness (QED) is 0.459. The van der Waals surface area contributed by atoms with Gasteiger partial charge in [0, 0.05) is 13.1 Å². The number of esters is 1. The van der Waals surface area contributed by atoms with E-state index < -0.39 is 0 Å². The summed E-state index contributed by atoms with van der Waals surface area (Å²) in [7, 11) is 1.40. The normalized spacial score (nSPS) is 10.6. The van der Waals surface area contributed by atoms with Crippen LogP contribution in [-0.2, 0) is 9.53 Å². The molecule has 0 fully saturated rings. The topological polar surface area (TPSA) is 41.6 Å². The lowest BCUT2D eigenvalue weighted by atomic mass is 10.4. The highest BCUT2D eigenvalue weighted by Crippen LogP contribution is 1.88. The molecular formula is C10H22N2O2. The van der Waals surface area contributed by atoms with Gasteiger partial charge in [-0.2, -0.15) is 0 Å². The van der Waals surface area contributed by atoms with Crippen LogP contribution in [0.5, 0.6) is 0 Å². The van der Waals surface area contributed by atoms with Crippen molar-refractivity contribution in [1.29, 1.82) is 0 Å².